The fourth-order valence-electron chi connectivity index (χ4n) is 3.28. The molecule has 0 unspecified atom stereocenters. The smallest absolute Gasteiger partial charge is 0.262 e. The Morgan fingerprint density at radius 3 is 2.21 bits per heavy atom. The van der Waals surface area contributed by atoms with Crippen molar-refractivity contribution < 1.29 is 9.59 Å². The molecule has 0 radical (unpaired) electrons. The van der Waals surface area contributed by atoms with Crippen LogP contribution in [0.25, 0.3) is 10.9 Å². The van der Waals surface area contributed by atoms with Crippen LogP contribution in [0.2, 0.25) is 0 Å². The molecule has 4 rings (SSSR count). The van der Waals surface area contributed by atoms with Crippen molar-refractivity contribution in [3.63, 3.8) is 0 Å². The van der Waals surface area contributed by atoms with Crippen LogP contribution in [0.4, 0.5) is 0 Å². The Hall–Kier alpha value is -2.93. The van der Waals surface area contributed by atoms with Crippen LogP contribution in [-0.4, -0.2) is 32.1 Å². The van der Waals surface area contributed by atoms with Gasteiger partial charge in [-0.25, -0.2) is 4.98 Å². The lowest BCUT2D eigenvalue weighted by Gasteiger charge is -2.20. The Balaban J connectivity index is 1.70. The van der Waals surface area contributed by atoms with E-state index in [9.17, 15) is 14.4 Å². The van der Waals surface area contributed by atoms with E-state index < -0.39 is 0 Å². The molecule has 3 aromatic rings. The summed E-state index contributed by atoms with van der Waals surface area (Å²) in [6, 6.07) is 14.0. The van der Waals surface area contributed by atoms with E-state index in [0.29, 0.717) is 27.2 Å². The molecular formula is C21H19N3O3S. The first-order chi connectivity index (χ1) is 13.5. The van der Waals surface area contributed by atoms with Gasteiger partial charge in [0.1, 0.15) is 0 Å². The van der Waals surface area contributed by atoms with Crippen LogP contribution < -0.4 is 5.56 Å². The molecule has 1 atom stereocenters. The fraction of sp³-hybridized carbons (Fsp3) is 0.238. The number of benzene rings is 2. The van der Waals surface area contributed by atoms with Crippen LogP contribution in [0.5, 0.6) is 0 Å². The molecule has 142 valence electrons. The molecular weight excluding hydrogens is 374 g/mol. The fourth-order valence-corrected chi connectivity index (χ4v) is 4.32. The monoisotopic (exact) mass is 393 g/mol. The average Bonchev–Trinajstić information content (AvgIpc) is 2.96. The van der Waals surface area contributed by atoms with Gasteiger partial charge in [-0.05, 0) is 37.6 Å². The van der Waals surface area contributed by atoms with Gasteiger partial charge in [-0.3, -0.25) is 23.9 Å². The first-order valence-corrected chi connectivity index (χ1v) is 10.1. The molecule has 0 fully saturated rings. The molecule has 1 aliphatic rings. The van der Waals surface area contributed by atoms with Gasteiger partial charge in [-0.1, -0.05) is 43.0 Å². The average molecular weight is 393 g/mol. The van der Waals surface area contributed by atoms with Gasteiger partial charge in [0.25, 0.3) is 17.4 Å². The Bertz CT molecular complexity index is 1120. The molecule has 0 N–H and O–H groups in total. The van der Waals surface area contributed by atoms with Gasteiger partial charge in [-0.15, -0.1) is 0 Å². The summed E-state index contributed by atoms with van der Waals surface area (Å²) in [5.74, 6) is -0.522. The number of hydrogen-bond donors (Lipinski definition) is 0. The highest BCUT2D eigenvalue weighted by molar-refractivity contribution is 7.99. The molecule has 0 saturated heterocycles. The summed E-state index contributed by atoms with van der Waals surface area (Å²) < 4.78 is 1.66. The van der Waals surface area contributed by atoms with Crippen molar-refractivity contribution in [2.24, 2.45) is 0 Å². The van der Waals surface area contributed by atoms with E-state index in [-0.39, 0.29) is 29.3 Å². The molecule has 2 aromatic carbocycles. The van der Waals surface area contributed by atoms with Crippen LogP contribution in [0, 0.1) is 0 Å². The number of carbonyl (C=O) groups excluding carboxylic acids is 2. The number of para-hydroxylation sites is 1. The van der Waals surface area contributed by atoms with E-state index in [4.69, 9.17) is 0 Å². The minimum Gasteiger partial charge on any atom is -0.284 e. The lowest BCUT2D eigenvalue weighted by molar-refractivity contribution is 0.0684. The summed E-state index contributed by atoms with van der Waals surface area (Å²) in [4.78, 5) is 44.0. The summed E-state index contributed by atoms with van der Waals surface area (Å²) in [6.07, 6.45) is 0.764. The van der Waals surface area contributed by atoms with Crippen molar-refractivity contribution in [1.82, 2.24) is 14.5 Å². The number of aromatic nitrogens is 2. The largest absolute Gasteiger partial charge is 0.284 e. The molecule has 7 heteroatoms. The van der Waals surface area contributed by atoms with E-state index in [1.54, 1.807) is 41.0 Å². The number of thioether (sulfide) groups is 1. The zero-order valence-corrected chi connectivity index (χ0v) is 16.4. The SMILES string of the molecule is CC[C@@H](C)n1c(SCN2C(=O)c3ccccc3C2=O)nc2ccccc2c1=O. The van der Waals surface area contributed by atoms with Gasteiger partial charge in [0.2, 0.25) is 0 Å². The van der Waals surface area contributed by atoms with Crippen molar-refractivity contribution in [3.8, 4) is 0 Å². The number of hydrogen-bond acceptors (Lipinski definition) is 5. The normalized spacial score (nSPS) is 14.6. The maximum atomic E-state index is 13.0. The summed E-state index contributed by atoms with van der Waals surface area (Å²) in [7, 11) is 0. The van der Waals surface area contributed by atoms with E-state index in [2.05, 4.69) is 4.98 Å². The highest BCUT2D eigenvalue weighted by atomic mass is 32.2. The van der Waals surface area contributed by atoms with E-state index in [0.717, 1.165) is 6.42 Å². The topological polar surface area (TPSA) is 72.3 Å². The summed E-state index contributed by atoms with van der Waals surface area (Å²) >= 11 is 1.23. The predicted octanol–water partition coefficient (Wildman–Crippen LogP) is 3.71. The molecule has 1 aromatic heterocycles. The third-order valence-electron chi connectivity index (χ3n) is 5.01. The number of rotatable bonds is 5. The minimum atomic E-state index is -0.314. The second kappa shape index (κ2) is 7.24. The summed E-state index contributed by atoms with van der Waals surface area (Å²) in [5, 5.41) is 1.07. The van der Waals surface area contributed by atoms with Crippen LogP contribution in [0.3, 0.4) is 0 Å². The van der Waals surface area contributed by atoms with Gasteiger partial charge < -0.3 is 0 Å². The molecule has 2 heterocycles. The van der Waals surface area contributed by atoms with E-state index in [1.165, 1.54) is 16.7 Å². The number of amides is 2. The quantitative estimate of drug-likeness (QED) is 0.375. The Labute approximate surface area is 166 Å². The van der Waals surface area contributed by atoms with E-state index >= 15 is 0 Å². The van der Waals surface area contributed by atoms with Gasteiger partial charge in [-0.2, -0.15) is 0 Å². The van der Waals surface area contributed by atoms with Crippen molar-refractivity contribution >= 4 is 34.5 Å². The summed E-state index contributed by atoms with van der Waals surface area (Å²) in [5.41, 5.74) is 1.33. The van der Waals surface area contributed by atoms with Crippen LogP contribution in [-0.2, 0) is 0 Å². The molecule has 0 aliphatic carbocycles. The number of nitrogens with zero attached hydrogens (tertiary/aromatic N) is 3. The van der Waals surface area contributed by atoms with Gasteiger partial charge in [0, 0.05) is 6.04 Å². The van der Waals surface area contributed by atoms with Crippen molar-refractivity contribution in [1.29, 1.82) is 0 Å². The molecule has 0 saturated carbocycles. The third-order valence-corrected chi connectivity index (χ3v) is 5.94. The van der Waals surface area contributed by atoms with Crippen molar-refractivity contribution in [2.75, 3.05) is 5.88 Å². The molecule has 28 heavy (non-hydrogen) atoms. The van der Waals surface area contributed by atoms with Gasteiger partial charge in [0.05, 0.1) is 27.9 Å². The number of fused-ring (bicyclic) bond motifs is 2. The van der Waals surface area contributed by atoms with Crippen LogP contribution >= 0.6 is 11.8 Å². The van der Waals surface area contributed by atoms with Crippen LogP contribution in [0.15, 0.2) is 58.5 Å². The zero-order chi connectivity index (χ0) is 19.8. The number of imide groups is 1. The van der Waals surface area contributed by atoms with Gasteiger partial charge in [0.15, 0.2) is 5.16 Å². The van der Waals surface area contributed by atoms with Crippen LogP contribution in [0.1, 0.15) is 47.0 Å². The Morgan fingerprint density at radius 2 is 1.57 bits per heavy atom. The van der Waals surface area contributed by atoms with Crippen molar-refractivity contribution in [3.05, 3.63) is 70.0 Å². The third kappa shape index (κ3) is 2.92. The molecule has 0 spiro atoms. The van der Waals surface area contributed by atoms with Crippen molar-refractivity contribution in [2.45, 2.75) is 31.5 Å². The maximum absolute atomic E-state index is 13.0. The second-order valence-electron chi connectivity index (χ2n) is 6.70. The summed E-state index contributed by atoms with van der Waals surface area (Å²) in [6.45, 7) is 3.97. The molecule has 6 nitrogen and oxygen atoms in total. The molecule has 2 amide bonds. The first-order valence-electron chi connectivity index (χ1n) is 9.12. The van der Waals surface area contributed by atoms with E-state index in [1.807, 2.05) is 26.0 Å². The molecule has 0 bridgehead atoms. The zero-order valence-electron chi connectivity index (χ0n) is 15.6. The minimum absolute atomic E-state index is 0.0470. The second-order valence-corrected chi connectivity index (χ2v) is 7.61. The maximum Gasteiger partial charge on any atom is 0.262 e. The number of carbonyl (C=O) groups is 2. The lowest BCUT2D eigenvalue weighted by Crippen LogP contribution is -2.31. The highest BCUT2D eigenvalue weighted by Gasteiger charge is 2.35. The standard InChI is InChI=1S/C21H19N3O3S/c1-3-13(2)24-20(27)16-10-6-7-11-17(16)22-21(24)28-12-23-18(25)14-8-4-5-9-15(14)19(23)26/h4-11,13H,3,12H2,1-2H3/t13-/m1/s1. The molecule has 1 aliphatic heterocycles. The van der Waals surface area contributed by atoms with Gasteiger partial charge >= 0.3 is 0 Å². The first kappa shape index (κ1) is 18.4. The predicted molar refractivity (Wildman–Crippen MR) is 109 cm³/mol. The lowest BCUT2D eigenvalue weighted by atomic mass is 10.1. The Kier molecular flexibility index (Phi) is 4.77. The Morgan fingerprint density at radius 1 is 0.964 bits per heavy atom. The highest BCUT2D eigenvalue weighted by Crippen LogP contribution is 2.28.